The van der Waals surface area contributed by atoms with Crippen molar-refractivity contribution in [2.45, 2.75) is 11.4 Å². The van der Waals surface area contributed by atoms with Crippen LogP contribution in [0.2, 0.25) is 5.02 Å². The van der Waals surface area contributed by atoms with Gasteiger partial charge in [-0.05, 0) is 41.8 Å². The van der Waals surface area contributed by atoms with Crippen molar-refractivity contribution in [3.8, 4) is 0 Å². The van der Waals surface area contributed by atoms with Gasteiger partial charge in [0.25, 0.3) is 15.9 Å². The highest BCUT2D eigenvalue weighted by molar-refractivity contribution is 7.92. The molecule has 3 aromatic rings. The Labute approximate surface area is 167 Å². The minimum absolute atomic E-state index is 0.00204. The van der Waals surface area contributed by atoms with E-state index in [1.807, 2.05) is 17.5 Å². The summed E-state index contributed by atoms with van der Waals surface area (Å²) < 4.78 is 27.8. The molecular formula is C19H17ClN2O3S2. The lowest BCUT2D eigenvalue weighted by Gasteiger charge is -2.17. The number of halogens is 1. The summed E-state index contributed by atoms with van der Waals surface area (Å²) in [5.74, 6) is -0.252. The highest BCUT2D eigenvalue weighted by Gasteiger charge is 2.19. The molecule has 1 heterocycles. The molecule has 8 heteroatoms. The molecule has 0 aliphatic rings. The molecule has 0 atom stereocenters. The van der Waals surface area contributed by atoms with Crippen molar-refractivity contribution >= 4 is 44.6 Å². The average molecular weight is 421 g/mol. The standard InChI is InChI=1S/C19H17ClN2O3S2/c1-22(13-15-7-5-11-26-15)19(23)14-6-4-8-16(12-14)27(24,25)21-18-10-3-2-9-17(18)20/h2-12,21H,13H2,1H3. The second-order valence-corrected chi connectivity index (χ2v) is 8.98. The molecule has 27 heavy (non-hydrogen) atoms. The van der Waals surface area contributed by atoms with E-state index in [-0.39, 0.29) is 16.5 Å². The van der Waals surface area contributed by atoms with Crippen molar-refractivity contribution in [1.29, 1.82) is 0 Å². The van der Waals surface area contributed by atoms with Gasteiger partial charge in [0.05, 0.1) is 22.2 Å². The zero-order valence-electron chi connectivity index (χ0n) is 14.4. The number of rotatable bonds is 6. The van der Waals surface area contributed by atoms with Crippen LogP contribution in [0.15, 0.2) is 70.9 Å². The number of thiophene rings is 1. The molecule has 0 aliphatic heterocycles. The molecule has 0 bridgehead atoms. The van der Waals surface area contributed by atoms with E-state index in [2.05, 4.69) is 4.72 Å². The minimum Gasteiger partial charge on any atom is -0.337 e. The first-order chi connectivity index (χ1) is 12.9. The number of hydrogen-bond donors (Lipinski definition) is 1. The predicted octanol–water partition coefficient (Wildman–Crippen LogP) is 4.47. The van der Waals surface area contributed by atoms with Crippen molar-refractivity contribution in [2.75, 3.05) is 11.8 Å². The Kier molecular flexibility index (Phi) is 5.84. The fraction of sp³-hybridized carbons (Fsp3) is 0.105. The maximum absolute atomic E-state index is 12.7. The van der Waals surface area contributed by atoms with Gasteiger partial charge in [-0.3, -0.25) is 9.52 Å². The fourth-order valence-electron chi connectivity index (χ4n) is 2.47. The molecule has 1 amide bonds. The van der Waals surface area contributed by atoms with Gasteiger partial charge in [0.2, 0.25) is 0 Å². The van der Waals surface area contributed by atoms with Crippen LogP contribution < -0.4 is 4.72 Å². The number of carbonyl (C=O) groups excluding carboxylic acids is 1. The lowest BCUT2D eigenvalue weighted by atomic mass is 10.2. The summed E-state index contributed by atoms with van der Waals surface area (Å²) in [6, 6.07) is 16.4. The molecule has 1 N–H and O–H groups in total. The van der Waals surface area contributed by atoms with Gasteiger partial charge in [-0.25, -0.2) is 8.42 Å². The van der Waals surface area contributed by atoms with Crippen LogP contribution in [0.3, 0.4) is 0 Å². The Balaban J connectivity index is 1.82. The van der Waals surface area contributed by atoms with Gasteiger partial charge in [0.1, 0.15) is 0 Å². The van der Waals surface area contributed by atoms with Crippen LogP contribution in [0.1, 0.15) is 15.2 Å². The Bertz CT molecular complexity index is 1050. The molecule has 0 aliphatic carbocycles. The van der Waals surface area contributed by atoms with E-state index in [0.717, 1.165) is 4.88 Å². The van der Waals surface area contributed by atoms with Gasteiger partial charge in [0.15, 0.2) is 0 Å². The molecule has 5 nitrogen and oxygen atoms in total. The van der Waals surface area contributed by atoms with Gasteiger partial charge in [-0.1, -0.05) is 35.9 Å². The second kappa shape index (κ2) is 8.12. The maximum Gasteiger partial charge on any atom is 0.261 e. The van der Waals surface area contributed by atoms with Crippen molar-refractivity contribution < 1.29 is 13.2 Å². The summed E-state index contributed by atoms with van der Waals surface area (Å²) in [7, 11) is -2.18. The first-order valence-electron chi connectivity index (χ1n) is 8.02. The Hall–Kier alpha value is -2.35. The van der Waals surface area contributed by atoms with Crippen molar-refractivity contribution in [3.63, 3.8) is 0 Å². The van der Waals surface area contributed by atoms with Crippen LogP contribution in [0.25, 0.3) is 0 Å². The van der Waals surface area contributed by atoms with E-state index in [1.165, 1.54) is 12.1 Å². The number of nitrogens with zero attached hydrogens (tertiary/aromatic N) is 1. The van der Waals surface area contributed by atoms with Gasteiger partial charge < -0.3 is 4.90 Å². The van der Waals surface area contributed by atoms with Gasteiger partial charge in [-0.2, -0.15) is 0 Å². The molecule has 0 fully saturated rings. The van der Waals surface area contributed by atoms with Gasteiger partial charge in [0, 0.05) is 17.5 Å². The number of carbonyl (C=O) groups is 1. The van der Waals surface area contributed by atoms with Crippen molar-refractivity contribution in [1.82, 2.24) is 4.90 Å². The van der Waals surface area contributed by atoms with Crippen LogP contribution in [-0.4, -0.2) is 26.3 Å². The molecular weight excluding hydrogens is 404 g/mol. The predicted molar refractivity (Wildman–Crippen MR) is 109 cm³/mol. The zero-order chi connectivity index (χ0) is 19.4. The fourth-order valence-corrected chi connectivity index (χ4v) is 4.59. The van der Waals surface area contributed by atoms with E-state index in [0.29, 0.717) is 17.1 Å². The topological polar surface area (TPSA) is 66.5 Å². The largest absolute Gasteiger partial charge is 0.337 e. The molecule has 0 saturated carbocycles. The minimum atomic E-state index is -3.87. The van der Waals surface area contributed by atoms with E-state index in [4.69, 9.17) is 11.6 Å². The highest BCUT2D eigenvalue weighted by Crippen LogP contribution is 2.24. The second-order valence-electron chi connectivity index (χ2n) is 5.85. The number of para-hydroxylation sites is 1. The number of nitrogens with one attached hydrogen (secondary N) is 1. The lowest BCUT2D eigenvalue weighted by Crippen LogP contribution is -2.26. The highest BCUT2D eigenvalue weighted by atomic mass is 35.5. The van der Waals surface area contributed by atoms with Crippen LogP contribution >= 0.6 is 22.9 Å². The molecule has 140 valence electrons. The summed E-state index contributed by atoms with van der Waals surface area (Å²) in [5.41, 5.74) is 0.585. The number of amides is 1. The number of hydrogen-bond acceptors (Lipinski definition) is 4. The Morgan fingerprint density at radius 1 is 1.11 bits per heavy atom. The third-order valence-electron chi connectivity index (χ3n) is 3.83. The van der Waals surface area contributed by atoms with Gasteiger partial charge in [-0.15, -0.1) is 11.3 Å². The van der Waals surface area contributed by atoms with E-state index in [9.17, 15) is 13.2 Å². The SMILES string of the molecule is CN(Cc1cccs1)C(=O)c1cccc(S(=O)(=O)Nc2ccccc2Cl)c1. The monoisotopic (exact) mass is 420 g/mol. The number of anilines is 1. The molecule has 3 rings (SSSR count). The summed E-state index contributed by atoms with van der Waals surface area (Å²) in [4.78, 5) is 15.3. The average Bonchev–Trinajstić information content (AvgIpc) is 3.16. The van der Waals surface area contributed by atoms with Crippen LogP contribution in [0.5, 0.6) is 0 Å². The third-order valence-corrected chi connectivity index (χ3v) is 6.38. The van der Waals surface area contributed by atoms with E-state index in [1.54, 1.807) is 59.7 Å². The van der Waals surface area contributed by atoms with E-state index >= 15 is 0 Å². The quantitative estimate of drug-likeness (QED) is 0.639. The third kappa shape index (κ3) is 4.68. The van der Waals surface area contributed by atoms with E-state index < -0.39 is 10.0 Å². The molecule has 0 unspecified atom stereocenters. The number of sulfonamides is 1. The molecule has 2 aromatic carbocycles. The first kappa shape index (κ1) is 19.4. The number of benzene rings is 2. The zero-order valence-corrected chi connectivity index (χ0v) is 16.8. The molecule has 0 radical (unpaired) electrons. The van der Waals surface area contributed by atoms with Crippen LogP contribution in [0, 0.1) is 0 Å². The summed E-state index contributed by atoms with van der Waals surface area (Å²) in [5, 5.41) is 2.24. The van der Waals surface area contributed by atoms with Crippen LogP contribution in [0.4, 0.5) is 5.69 Å². The van der Waals surface area contributed by atoms with Crippen molar-refractivity contribution in [2.24, 2.45) is 0 Å². The van der Waals surface area contributed by atoms with Crippen molar-refractivity contribution in [3.05, 3.63) is 81.5 Å². The van der Waals surface area contributed by atoms with Gasteiger partial charge >= 0.3 is 0 Å². The van der Waals surface area contributed by atoms with Crippen LogP contribution in [-0.2, 0) is 16.6 Å². The Morgan fingerprint density at radius 3 is 2.59 bits per heavy atom. The summed E-state index contributed by atoms with van der Waals surface area (Å²) >= 11 is 7.58. The molecule has 0 saturated heterocycles. The Morgan fingerprint density at radius 2 is 1.89 bits per heavy atom. The summed E-state index contributed by atoms with van der Waals surface area (Å²) in [6.07, 6.45) is 0. The normalized spacial score (nSPS) is 11.2. The lowest BCUT2D eigenvalue weighted by molar-refractivity contribution is 0.0786. The summed E-state index contributed by atoms with van der Waals surface area (Å²) in [6.45, 7) is 0.464. The first-order valence-corrected chi connectivity index (χ1v) is 10.8. The maximum atomic E-state index is 12.7. The molecule has 1 aromatic heterocycles. The molecule has 0 spiro atoms. The smallest absolute Gasteiger partial charge is 0.261 e.